The van der Waals surface area contributed by atoms with Crippen molar-refractivity contribution in [2.24, 2.45) is 5.92 Å². The molecule has 2 aromatic carbocycles. The van der Waals surface area contributed by atoms with Crippen LogP contribution in [0, 0.1) is 19.8 Å². The molecule has 8 heteroatoms. The number of nitrogens with zero attached hydrogens (tertiary/aromatic N) is 2. The lowest BCUT2D eigenvalue weighted by atomic mass is 9.77. The molecule has 0 amide bonds. The number of nitrogens with one attached hydrogen (secondary N) is 1. The highest BCUT2D eigenvalue weighted by molar-refractivity contribution is 7.92. The molecule has 2 aliphatic heterocycles. The molecule has 1 fully saturated rings. The van der Waals surface area contributed by atoms with Gasteiger partial charge in [-0.1, -0.05) is 30.3 Å². The molecule has 0 aliphatic carbocycles. The predicted octanol–water partition coefficient (Wildman–Crippen LogP) is 4.85. The summed E-state index contributed by atoms with van der Waals surface area (Å²) in [6, 6.07) is 14.9. The van der Waals surface area contributed by atoms with Crippen LogP contribution >= 0.6 is 0 Å². The van der Waals surface area contributed by atoms with Gasteiger partial charge in [0.15, 0.2) is 0 Å². The molecular formula is C26H29N3O4S. The maximum absolute atomic E-state index is 13.3. The standard InChI is InChI=1S/C26H29N3O4S/c1-16-7-5-8-17(2)24(16)22-12-23-28-25(27-22)29-34(30,31)20-10-6-9-18(11-20)21-13-26(3,4)33-15-19(21)14-32-23/h5-12,19,21H,13-15H2,1-4H3,(H,27,28,29). The maximum Gasteiger partial charge on any atom is 0.264 e. The summed E-state index contributed by atoms with van der Waals surface area (Å²) in [5, 5.41) is 0. The molecule has 34 heavy (non-hydrogen) atoms. The second-order valence-corrected chi connectivity index (χ2v) is 11.5. The highest BCUT2D eigenvalue weighted by Crippen LogP contribution is 2.41. The van der Waals surface area contributed by atoms with Crippen molar-refractivity contribution in [3.8, 4) is 17.1 Å². The average Bonchev–Trinajstić information content (AvgIpc) is 2.77. The first-order valence-corrected chi connectivity index (χ1v) is 12.9. The molecule has 1 N–H and O–H groups in total. The van der Waals surface area contributed by atoms with E-state index >= 15 is 0 Å². The summed E-state index contributed by atoms with van der Waals surface area (Å²) in [7, 11) is -3.89. The van der Waals surface area contributed by atoms with Crippen molar-refractivity contribution in [3.63, 3.8) is 0 Å². The lowest BCUT2D eigenvalue weighted by molar-refractivity contribution is -0.0939. The van der Waals surface area contributed by atoms with Crippen LogP contribution in [0.4, 0.5) is 5.95 Å². The molecule has 0 saturated carbocycles. The maximum atomic E-state index is 13.3. The number of hydrogen-bond acceptors (Lipinski definition) is 6. The van der Waals surface area contributed by atoms with Crippen LogP contribution in [0.3, 0.4) is 0 Å². The van der Waals surface area contributed by atoms with Crippen molar-refractivity contribution in [1.82, 2.24) is 9.97 Å². The van der Waals surface area contributed by atoms with E-state index < -0.39 is 10.0 Å². The number of rotatable bonds is 1. The number of sulfonamides is 1. The van der Waals surface area contributed by atoms with E-state index in [-0.39, 0.29) is 28.3 Å². The highest BCUT2D eigenvalue weighted by Gasteiger charge is 2.37. The number of anilines is 1. The Bertz CT molecular complexity index is 1330. The van der Waals surface area contributed by atoms with Gasteiger partial charge in [0.05, 0.1) is 29.4 Å². The summed E-state index contributed by atoms with van der Waals surface area (Å²) in [5.41, 5.74) is 4.29. The van der Waals surface area contributed by atoms with E-state index in [1.807, 2.05) is 38.1 Å². The number of aryl methyl sites for hydroxylation is 2. The summed E-state index contributed by atoms with van der Waals surface area (Å²) >= 11 is 0. The highest BCUT2D eigenvalue weighted by atomic mass is 32.2. The molecule has 1 saturated heterocycles. The van der Waals surface area contributed by atoms with E-state index in [0.29, 0.717) is 24.8 Å². The molecule has 2 atom stereocenters. The van der Waals surface area contributed by atoms with Crippen LogP contribution in [0.15, 0.2) is 53.4 Å². The van der Waals surface area contributed by atoms with E-state index in [9.17, 15) is 8.42 Å². The number of hydrogen-bond donors (Lipinski definition) is 1. The molecule has 3 aromatic rings. The fourth-order valence-corrected chi connectivity index (χ4v) is 5.93. The molecule has 1 aromatic heterocycles. The van der Waals surface area contributed by atoms with Gasteiger partial charge in [0.25, 0.3) is 10.0 Å². The van der Waals surface area contributed by atoms with Gasteiger partial charge in [-0.25, -0.2) is 18.1 Å². The lowest BCUT2D eigenvalue weighted by Gasteiger charge is -2.41. The Morgan fingerprint density at radius 2 is 1.74 bits per heavy atom. The minimum atomic E-state index is -3.89. The third kappa shape index (κ3) is 4.40. The lowest BCUT2D eigenvalue weighted by Crippen LogP contribution is -2.41. The van der Waals surface area contributed by atoms with Gasteiger partial charge in [-0.05, 0) is 68.9 Å². The van der Waals surface area contributed by atoms with Crippen molar-refractivity contribution in [2.45, 2.75) is 50.5 Å². The summed E-state index contributed by atoms with van der Waals surface area (Å²) in [5.74, 6) is 0.468. The van der Waals surface area contributed by atoms with Crippen molar-refractivity contribution in [3.05, 3.63) is 65.2 Å². The fourth-order valence-electron chi connectivity index (χ4n) is 4.93. The fraction of sp³-hybridized carbons (Fsp3) is 0.385. The van der Waals surface area contributed by atoms with Gasteiger partial charge in [0.2, 0.25) is 11.8 Å². The van der Waals surface area contributed by atoms with Crippen LogP contribution in [-0.2, 0) is 14.8 Å². The van der Waals surface area contributed by atoms with Crippen LogP contribution in [0.5, 0.6) is 5.88 Å². The largest absolute Gasteiger partial charge is 0.477 e. The smallest absolute Gasteiger partial charge is 0.264 e. The van der Waals surface area contributed by atoms with Crippen LogP contribution < -0.4 is 9.46 Å². The van der Waals surface area contributed by atoms with Crippen LogP contribution in [0.1, 0.15) is 42.9 Å². The van der Waals surface area contributed by atoms with Crippen molar-refractivity contribution < 1.29 is 17.9 Å². The summed E-state index contributed by atoms with van der Waals surface area (Å²) in [4.78, 5) is 9.13. The molecule has 2 unspecified atom stereocenters. The van der Waals surface area contributed by atoms with E-state index in [4.69, 9.17) is 9.47 Å². The van der Waals surface area contributed by atoms with E-state index in [0.717, 1.165) is 28.7 Å². The van der Waals surface area contributed by atoms with Crippen molar-refractivity contribution >= 4 is 16.0 Å². The van der Waals surface area contributed by atoms with Gasteiger partial charge < -0.3 is 9.47 Å². The van der Waals surface area contributed by atoms with Gasteiger partial charge in [-0.15, -0.1) is 0 Å². The van der Waals surface area contributed by atoms with Crippen LogP contribution in [0.2, 0.25) is 0 Å². The summed E-state index contributed by atoms with van der Waals surface area (Å²) in [6.07, 6.45) is 0.765. The van der Waals surface area contributed by atoms with Crippen molar-refractivity contribution in [1.29, 1.82) is 0 Å². The topological polar surface area (TPSA) is 90.4 Å². The minimum Gasteiger partial charge on any atom is -0.477 e. The Balaban J connectivity index is 1.64. The number of aromatic nitrogens is 2. The summed E-state index contributed by atoms with van der Waals surface area (Å²) < 4.78 is 41.4. The third-order valence-electron chi connectivity index (χ3n) is 6.68. The zero-order valence-corrected chi connectivity index (χ0v) is 20.6. The van der Waals surface area contributed by atoms with Gasteiger partial charge in [-0.3, -0.25) is 0 Å². The molecule has 2 aliphatic rings. The zero-order chi connectivity index (χ0) is 24.1. The monoisotopic (exact) mass is 479 g/mol. The average molecular weight is 480 g/mol. The normalized spacial score (nSPS) is 22.8. The first kappa shape index (κ1) is 22.8. The second kappa shape index (κ2) is 8.36. The SMILES string of the molecule is Cc1cccc(C)c1-c1cc2nc(n1)NS(=O)(=O)c1cccc(c1)C1CC(C)(C)OCC1CO2. The molecule has 178 valence electrons. The van der Waals surface area contributed by atoms with Crippen LogP contribution in [-0.4, -0.2) is 37.2 Å². The number of ether oxygens (including phenoxy) is 2. The predicted molar refractivity (Wildman–Crippen MR) is 131 cm³/mol. The van der Waals surface area contributed by atoms with Gasteiger partial charge in [-0.2, -0.15) is 4.98 Å². The molecular weight excluding hydrogens is 450 g/mol. The van der Waals surface area contributed by atoms with E-state index in [1.54, 1.807) is 24.3 Å². The Labute approximate surface area is 200 Å². The molecule has 4 bridgehead atoms. The Hall–Kier alpha value is -2.97. The summed E-state index contributed by atoms with van der Waals surface area (Å²) in [6.45, 7) is 9.06. The number of fused-ring (bicyclic) bond motifs is 6. The van der Waals surface area contributed by atoms with E-state index in [1.165, 1.54) is 0 Å². The number of benzene rings is 2. The van der Waals surface area contributed by atoms with Gasteiger partial charge in [0.1, 0.15) is 0 Å². The molecule has 7 nitrogen and oxygen atoms in total. The molecule has 5 rings (SSSR count). The zero-order valence-electron chi connectivity index (χ0n) is 19.8. The molecule has 0 spiro atoms. The Kier molecular flexibility index (Phi) is 5.61. The first-order valence-electron chi connectivity index (χ1n) is 11.5. The van der Waals surface area contributed by atoms with Gasteiger partial charge >= 0.3 is 0 Å². The van der Waals surface area contributed by atoms with Gasteiger partial charge in [0, 0.05) is 17.5 Å². The minimum absolute atomic E-state index is 0.0151. The second-order valence-electron chi connectivity index (χ2n) is 9.81. The molecule has 0 radical (unpaired) electrons. The van der Waals surface area contributed by atoms with E-state index in [2.05, 4.69) is 28.5 Å². The third-order valence-corrected chi connectivity index (χ3v) is 8.00. The quantitative estimate of drug-likeness (QED) is 0.536. The Morgan fingerprint density at radius 3 is 2.50 bits per heavy atom. The Morgan fingerprint density at radius 1 is 1.00 bits per heavy atom. The molecule has 3 heterocycles. The first-order chi connectivity index (χ1) is 16.1. The van der Waals surface area contributed by atoms with Crippen LogP contribution in [0.25, 0.3) is 11.3 Å². The van der Waals surface area contributed by atoms with Crippen molar-refractivity contribution in [2.75, 3.05) is 17.9 Å².